The average Bonchev–Trinajstić information content (AvgIpc) is 3.24. The minimum absolute atomic E-state index is 0.133. The van der Waals surface area contributed by atoms with Gasteiger partial charge in [-0.2, -0.15) is 11.3 Å². The Labute approximate surface area is 153 Å². The van der Waals surface area contributed by atoms with Gasteiger partial charge in [0.25, 0.3) is 0 Å². The highest BCUT2D eigenvalue weighted by atomic mass is 32.1. The van der Waals surface area contributed by atoms with Gasteiger partial charge in [0.1, 0.15) is 5.01 Å². The van der Waals surface area contributed by atoms with Crippen LogP contribution in [0.1, 0.15) is 16.1 Å². The first kappa shape index (κ1) is 17.3. The van der Waals surface area contributed by atoms with E-state index in [0.29, 0.717) is 0 Å². The number of aromatic nitrogens is 1. The Morgan fingerprint density at radius 2 is 1.76 bits per heavy atom. The van der Waals surface area contributed by atoms with Crippen LogP contribution in [0, 0.1) is 6.92 Å². The van der Waals surface area contributed by atoms with E-state index in [1.54, 1.807) is 11.3 Å². The smallest absolute Gasteiger partial charge is 0.244 e. The topological polar surface area (TPSA) is 71.1 Å². The Bertz CT molecular complexity index is 858. The largest absolute Gasteiger partial charge is 0.273 e. The summed E-state index contributed by atoms with van der Waals surface area (Å²) >= 11 is 3.09. The third-order valence-corrected chi connectivity index (χ3v) is 5.32. The molecule has 0 bridgehead atoms. The molecule has 128 valence electrons. The molecular formula is C18H17N3O2S2. The van der Waals surface area contributed by atoms with Gasteiger partial charge in [0.2, 0.25) is 11.8 Å². The molecule has 2 heterocycles. The van der Waals surface area contributed by atoms with Gasteiger partial charge in [-0.1, -0.05) is 30.3 Å². The maximum Gasteiger partial charge on any atom is 0.244 e. The van der Waals surface area contributed by atoms with E-state index in [4.69, 9.17) is 0 Å². The lowest BCUT2D eigenvalue weighted by atomic mass is 10.2. The molecule has 0 saturated heterocycles. The van der Waals surface area contributed by atoms with Gasteiger partial charge in [0, 0.05) is 10.4 Å². The summed E-state index contributed by atoms with van der Waals surface area (Å²) in [6, 6.07) is 11.7. The molecule has 0 aliphatic rings. The summed E-state index contributed by atoms with van der Waals surface area (Å²) < 4.78 is 0. The van der Waals surface area contributed by atoms with E-state index in [9.17, 15) is 9.59 Å². The van der Waals surface area contributed by atoms with Crippen molar-refractivity contribution in [3.63, 3.8) is 0 Å². The molecule has 0 fully saturated rings. The fourth-order valence-electron chi connectivity index (χ4n) is 2.25. The van der Waals surface area contributed by atoms with Crippen molar-refractivity contribution >= 4 is 34.5 Å². The van der Waals surface area contributed by atoms with Crippen LogP contribution in [0.5, 0.6) is 0 Å². The summed E-state index contributed by atoms with van der Waals surface area (Å²) in [7, 11) is 0. The molecule has 2 amide bonds. The lowest BCUT2D eigenvalue weighted by Crippen LogP contribution is -2.43. The van der Waals surface area contributed by atoms with Crippen LogP contribution in [0.3, 0.4) is 0 Å². The lowest BCUT2D eigenvalue weighted by Gasteiger charge is -2.06. The van der Waals surface area contributed by atoms with E-state index in [0.717, 1.165) is 26.7 Å². The molecule has 0 spiro atoms. The van der Waals surface area contributed by atoms with Crippen molar-refractivity contribution in [1.29, 1.82) is 0 Å². The fraction of sp³-hybridized carbons (Fsp3) is 0.167. The van der Waals surface area contributed by atoms with Gasteiger partial charge in [-0.05, 0) is 29.3 Å². The van der Waals surface area contributed by atoms with Gasteiger partial charge in [-0.15, -0.1) is 11.3 Å². The van der Waals surface area contributed by atoms with E-state index in [1.165, 1.54) is 11.3 Å². The summed E-state index contributed by atoms with van der Waals surface area (Å²) in [6.07, 6.45) is 0.381. The van der Waals surface area contributed by atoms with Crippen molar-refractivity contribution in [3.8, 4) is 10.6 Å². The predicted octanol–water partition coefficient (Wildman–Crippen LogP) is 3.11. The van der Waals surface area contributed by atoms with Crippen LogP contribution in [0.2, 0.25) is 0 Å². The number of nitrogens with one attached hydrogen (secondary N) is 2. The standard InChI is InChI=1S/C18H17N3O2S2/c1-12-15(19-18(25-12)14-5-3-2-4-6-14)10-17(23)21-20-16(22)9-13-7-8-24-11-13/h2-8,11H,9-10H2,1H3,(H,20,22)(H,21,23). The summed E-state index contributed by atoms with van der Waals surface area (Å²) in [6.45, 7) is 1.95. The highest BCUT2D eigenvalue weighted by Crippen LogP contribution is 2.27. The molecule has 0 saturated carbocycles. The SMILES string of the molecule is Cc1sc(-c2ccccc2)nc1CC(=O)NNC(=O)Cc1ccsc1. The molecule has 2 aromatic heterocycles. The molecule has 1 aromatic carbocycles. The van der Waals surface area contributed by atoms with E-state index >= 15 is 0 Å². The number of hydrogen-bond donors (Lipinski definition) is 2. The summed E-state index contributed by atoms with van der Waals surface area (Å²) in [5, 5.41) is 4.71. The monoisotopic (exact) mass is 371 g/mol. The highest BCUT2D eigenvalue weighted by molar-refractivity contribution is 7.15. The van der Waals surface area contributed by atoms with Crippen LogP contribution < -0.4 is 10.9 Å². The van der Waals surface area contributed by atoms with Crippen LogP contribution in [-0.2, 0) is 22.4 Å². The Morgan fingerprint density at radius 3 is 2.44 bits per heavy atom. The number of rotatable bonds is 5. The van der Waals surface area contributed by atoms with Crippen LogP contribution in [0.4, 0.5) is 0 Å². The summed E-state index contributed by atoms with van der Waals surface area (Å²) in [5.74, 6) is -0.529. The number of carbonyl (C=O) groups is 2. The number of nitrogens with zero attached hydrogens (tertiary/aromatic N) is 1. The Morgan fingerprint density at radius 1 is 1.04 bits per heavy atom. The van der Waals surface area contributed by atoms with Crippen LogP contribution in [-0.4, -0.2) is 16.8 Å². The molecule has 3 rings (SSSR count). The number of thiophene rings is 1. The van der Waals surface area contributed by atoms with Gasteiger partial charge in [0.05, 0.1) is 18.5 Å². The number of hydrazine groups is 1. The maximum absolute atomic E-state index is 12.1. The number of carbonyl (C=O) groups excluding carboxylic acids is 2. The third-order valence-electron chi connectivity index (χ3n) is 3.53. The molecule has 2 N–H and O–H groups in total. The minimum atomic E-state index is -0.285. The zero-order valence-electron chi connectivity index (χ0n) is 13.6. The second kappa shape index (κ2) is 8.04. The van der Waals surface area contributed by atoms with E-state index < -0.39 is 0 Å². The van der Waals surface area contributed by atoms with Gasteiger partial charge < -0.3 is 0 Å². The van der Waals surface area contributed by atoms with Gasteiger partial charge in [0.15, 0.2) is 0 Å². The van der Waals surface area contributed by atoms with Crippen LogP contribution in [0.25, 0.3) is 10.6 Å². The predicted molar refractivity (Wildman–Crippen MR) is 100 cm³/mol. The zero-order chi connectivity index (χ0) is 17.6. The van der Waals surface area contributed by atoms with Crippen molar-refractivity contribution in [2.24, 2.45) is 0 Å². The van der Waals surface area contributed by atoms with Crippen molar-refractivity contribution in [2.45, 2.75) is 19.8 Å². The van der Waals surface area contributed by atoms with Gasteiger partial charge in [-0.25, -0.2) is 4.98 Å². The summed E-state index contributed by atoms with van der Waals surface area (Å²) in [4.78, 5) is 29.4. The van der Waals surface area contributed by atoms with Crippen molar-refractivity contribution in [3.05, 3.63) is 63.3 Å². The van der Waals surface area contributed by atoms with Crippen molar-refractivity contribution in [2.75, 3.05) is 0 Å². The lowest BCUT2D eigenvalue weighted by molar-refractivity contribution is -0.128. The Hall–Kier alpha value is -2.51. The van der Waals surface area contributed by atoms with Gasteiger partial charge >= 0.3 is 0 Å². The first-order chi connectivity index (χ1) is 12.1. The van der Waals surface area contributed by atoms with E-state index in [1.807, 2.05) is 54.1 Å². The molecule has 0 unspecified atom stereocenters. The molecule has 7 heteroatoms. The Balaban J connectivity index is 1.54. The van der Waals surface area contributed by atoms with Gasteiger partial charge in [-0.3, -0.25) is 20.4 Å². The van der Waals surface area contributed by atoms with Crippen molar-refractivity contribution < 1.29 is 9.59 Å². The average molecular weight is 371 g/mol. The first-order valence-corrected chi connectivity index (χ1v) is 9.48. The number of amides is 2. The quantitative estimate of drug-likeness (QED) is 0.677. The molecule has 0 aliphatic heterocycles. The molecule has 0 radical (unpaired) electrons. The fourth-order valence-corrected chi connectivity index (χ4v) is 3.86. The normalized spacial score (nSPS) is 10.4. The second-order valence-corrected chi connectivity index (χ2v) is 7.45. The van der Waals surface area contributed by atoms with E-state index in [2.05, 4.69) is 15.8 Å². The molecule has 0 atom stereocenters. The Kier molecular flexibility index (Phi) is 5.57. The number of aryl methyl sites for hydroxylation is 1. The maximum atomic E-state index is 12.1. The first-order valence-electron chi connectivity index (χ1n) is 7.72. The molecule has 5 nitrogen and oxygen atoms in total. The highest BCUT2D eigenvalue weighted by Gasteiger charge is 2.13. The molecule has 3 aromatic rings. The molecule has 0 aliphatic carbocycles. The zero-order valence-corrected chi connectivity index (χ0v) is 15.2. The van der Waals surface area contributed by atoms with E-state index in [-0.39, 0.29) is 24.7 Å². The van der Waals surface area contributed by atoms with Crippen molar-refractivity contribution in [1.82, 2.24) is 15.8 Å². The number of benzene rings is 1. The van der Waals surface area contributed by atoms with Crippen LogP contribution >= 0.6 is 22.7 Å². The number of thiazole rings is 1. The molecular weight excluding hydrogens is 354 g/mol. The second-order valence-electron chi connectivity index (χ2n) is 5.47. The third kappa shape index (κ3) is 4.74. The molecule has 25 heavy (non-hydrogen) atoms. The minimum Gasteiger partial charge on any atom is -0.273 e. The van der Waals surface area contributed by atoms with Crippen LogP contribution in [0.15, 0.2) is 47.2 Å². The summed E-state index contributed by atoms with van der Waals surface area (Å²) in [5.41, 5.74) is 7.58. The number of hydrogen-bond acceptors (Lipinski definition) is 5.